The van der Waals surface area contributed by atoms with Crippen LogP contribution in [-0.2, 0) is 9.59 Å². The highest BCUT2D eigenvalue weighted by molar-refractivity contribution is 6.46. The van der Waals surface area contributed by atoms with Crippen LogP contribution in [0.3, 0.4) is 0 Å². The van der Waals surface area contributed by atoms with Crippen LogP contribution in [0.1, 0.15) is 44.4 Å². The average molecular weight is 495 g/mol. The smallest absolute Gasteiger partial charge is 0.295 e. The Morgan fingerprint density at radius 1 is 1.03 bits per heavy atom. The van der Waals surface area contributed by atoms with Gasteiger partial charge >= 0.3 is 0 Å². The van der Waals surface area contributed by atoms with E-state index in [1.54, 1.807) is 35.2 Å². The molecular weight excluding hydrogens is 460 g/mol. The van der Waals surface area contributed by atoms with E-state index in [2.05, 4.69) is 13.8 Å². The third kappa shape index (κ3) is 5.18. The zero-order valence-electron chi connectivity index (χ0n) is 21.2. The van der Waals surface area contributed by atoms with Gasteiger partial charge in [-0.2, -0.15) is 0 Å². The van der Waals surface area contributed by atoms with Gasteiger partial charge in [-0.05, 0) is 56.2 Å². The second-order valence-corrected chi connectivity index (χ2v) is 8.89. The summed E-state index contributed by atoms with van der Waals surface area (Å²) in [4.78, 5) is 29.4. The summed E-state index contributed by atoms with van der Waals surface area (Å²) < 4.78 is 16.7. The highest BCUT2D eigenvalue weighted by Crippen LogP contribution is 2.40. The van der Waals surface area contributed by atoms with Crippen molar-refractivity contribution in [1.82, 2.24) is 4.90 Å². The van der Waals surface area contributed by atoms with E-state index in [0.717, 1.165) is 26.1 Å². The molecular formula is C28H34N2O6. The number of ketones is 1. The molecule has 2 aliphatic rings. The van der Waals surface area contributed by atoms with E-state index in [4.69, 9.17) is 14.2 Å². The van der Waals surface area contributed by atoms with Crippen molar-refractivity contribution in [3.63, 3.8) is 0 Å². The van der Waals surface area contributed by atoms with Crippen molar-refractivity contribution in [3.05, 3.63) is 59.2 Å². The molecule has 4 rings (SSSR count). The summed E-state index contributed by atoms with van der Waals surface area (Å²) in [6.45, 7) is 10.8. The molecule has 1 atom stereocenters. The van der Waals surface area contributed by atoms with Crippen LogP contribution in [0.2, 0.25) is 0 Å². The fraction of sp³-hybridized carbons (Fsp3) is 0.429. The minimum absolute atomic E-state index is 0.0315. The van der Waals surface area contributed by atoms with Crippen molar-refractivity contribution in [3.8, 4) is 17.2 Å². The van der Waals surface area contributed by atoms with Gasteiger partial charge < -0.3 is 29.1 Å². The molecule has 0 bridgehead atoms. The number of carbonyl (C=O) groups is 2. The number of likely N-dealkylation sites (tertiary alicyclic amines) is 1. The molecule has 2 heterocycles. The standard InChI is InChI=1S/C28H34N2O6/c1-4-29(5-2)14-7-15-30-25(19-8-11-21(12-9-19)34-6-3)24(27(32)28(30)33)26(31)20-10-13-22-23(18-20)36-17-16-35-22/h8-13,18,25,31H,4-7,14-17H2,1-3H3/b26-24+. The first-order chi connectivity index (χ1) is 17.5. The lowest BCUT2D eigenvalue weighted by molar-refractivity contribution is -0.896. The average Bonchev–Trinajstić information content (AvgIpc) is 3.16. The summed E-state index contributed by atoms with van der Waals surface area (Å²) in [6.07, 6.45) is 0.731. The molecule has 1 fully saturated rings. The molecule has 192 valence electrons. The van der Waals surface area contributed by atoms with Crippen molar-refractivity contribution >= 4 is 17.4 Å². The number of benzene rings is 2. The summed E-state index contributed by atoms with van der Waals surface area (Å²) >= 11 is 0. The van der Waals surface area contributed by atoms with E-state index in [1.807, 2.05) is 19.1 Å². The molecule has 2 aromatic rings. The summed E-state index contributed by atoms with van der Waals surface area (Å²) in [6, 6.07) is 11.4. The van der Waals surface area contributed by atoms with Crippen molar-refractivity contribution in [2.45, 2.75) is 33.2 Å². The summed E-state index contributed by atoms with van der Waals surface area (Å²) in [5.74, 6) is -0.149. The highest BCUT2D eigenvalue weighted by Gasteiger charge is 2.44. The Morgan fingerprint density at radius 3 is 2.39 bits per heavy atom. The molecule has 8 nitrogen and oxygen atoms in total. The van der Waals surface area contributed by atoms with E-state index in [-0.39, 0.29) is 5.57 Å². The van der Waals surface area contributed by atoms with Gasteiger partial charge in [0.2, 0.25) is 5.78 Å². The molecule has 0 saturated carbocycles. The Balaban J connectivity index is 1.72. The van der Waals surface area contributed by atoms with E-state index >= 15 is 0 Å². The summed E-state index contributed by atoms with van der Waals surface area (Å²) in [5, 5.41) is 13.7. The van der Waals surface area contributed by atoms with Gasteiger partial charge in [0.05, 0.1) is 32.3 Å². The molecule has 2 aromatic carbocycles. The number of amides is 1. The first-order valence-corrected chi connectivity index (χ1v) is 12.7. The quantitative estimate of drug-likeness (QED) is 0.305. The van der Waals surface area contributed by atoms with Crippen molar-refractivity contribution in [2.75, 3.05) is 46.0 Å². The number of rotatable bonds is 10. The van der Waals surface area contributed by atoms with Crippen LogP contribution in [0, 0.1) is 0 Å². The fourth-order valence-corrected chi connectivity index (χ4v) is 4.80. The number of carbonyl (C=O) groups excluding carboxylic acids is 2. The number of quaternary nitrogens is 1. The van der Waals surface area contributed by atoms with Crippen LogP contribution >= 0.6 is 0 Å². The number of Topliss-reactive ketones (excluding diaryl/α,β-unsaturated/α-hetero) is 1. The number of ether oxygens (including phenoxy) is 3. The molecule has 1 unspecified atom stereocenters. The van der Waals surface area contributed by atoms with Crippen molar-refractivity contribution in [1.29, 1.82) is 0 Å². The second kappa shape index (κ2) is 11.5. The van der Waals surface area contributed by atoms with Gasteiger partial charge in [0.15, 0.2) is 11.5 Å². The number of hydrogen-bond donors (Lipinski definition) is 1. The van der Waals surface area contributed by atoms with Crippen LogP contribution in [0.15, 0.2) is 48.0 Å². The van der Waals surface area contributed by atoms with Crippen LogP contribution in [0.25, 0.3) is 5.76 Å². The van der Waals surface area contributed by atoms with Crippen LogP contribution in [0.4, 0.5) is 0 Å². The van der Waals surface area contributed by atoms with Crippen LogP contribution < -0.4 is 24.2 Å². The van der Waals surface area contributed by atoms with Gasteiger partial charge in [-0.3, -0.25) is 9.59 Å². The molecule has 0 radical (unpaired) electrons. The third-order valence-electron chi connectivity index (χ3n) is 6.77. The predicted octanol–water partition coefficient (Wildman–Crippen LogP) is 1.40. The topological polar surface area (TPSA) is 92.6 Å². The minimum atomic E-state index is -0.756. The molecule has 0 spiro atoms. The monoisotopic (exact) mass is 494 g/mol. The Kier molecular flexibility index (Phi) is 8.15. The molecule has 2 aliphatic heterocycles. The molecule has 0 aliphatic carbocycles. The van der Waals surface area contributed by atoms with Gasteiger partial charge in [0.1, 0.15) is 19.0 Å². The van der Waals surface area contributed by atoms with Crippen molar-refractivity contribution < 1.29 is 33.8 Å². The Labute approximate surface area is 212 Å². The molecule has 1 amide bonds. The normalized spacial score (nSPS) is 18.7. The van der Waals surface area contributed by atoms with E-state index in [9.17, 15) is 14.7 Å². The first kappa shape index (κ1) is 25.6. The maximum atomic E-state index is 13.7. The maximum Gasteiger partial charge on any atom is 0.295 e. The highest BCUT2D eigenvalue weighted by atomic mass is 16.6. The second-order valence-electron chi connectivity index (χ2n) is 8.89. The van der Waals surface area contributed by atoms with E-state index in [1.165, 1.54) is 4.90 Å². The molecule has 1 saturated heterocycles. The molecule has 8 heteroatoms. The van der Waals surface area contributed by atoms with Crippen LogP contribution in [0.5, 0.6) is 17.2 Å². The predicted molar refractivity (Wildman–Crippen MR) is 133 cm³/mol. The lowest BCUT2D eigenvalue weighted by atomic mass is 9.95. The summed E-state index contributed by atoms with van der Waals surface area (Å²) in [5.41, 5.74) is 0.963. The lowest BCUT2D eigenvalue weighted by Crippen LogP contribution is -3.11. The zero-order valence-corrected chi connectivity index (χ0v) is 21.2. The maximum absolute atomic E-state index is 13.7. The largest absolute Gasteiger partial charge is 0.872 e. The molecule has 0 aromatic heterocycles. The SMILES string of the molecule is CCOc1ccc(C2/C(=C(\[O-])c3ccc4c(c3)OCCO4)C(=O)C(=O)N2CCC[NH+](CC)CC)cc1. The van der Waals surface area contributed by atoms with Gasteiger partial charge in [0.25, 0.3) is 5.91 Å². The number of fused-ring (bicyclic) bond motifs is 1. The molecule has 36 heavy (non-hydrogen) atoms. The Bertz CT molecular complexity index is 1120. The number of hydrogen-bond acceptors (Lipinski definition) is 6. The zero-order chi connectivity index (χ0) is 25.7. The van der Waals surface area contributed by atoms with Gasteiger partial charge in [-0.25, -0.2) is 0 Å². The Hall–Kier alpha value is -3.52. The number of nitrogens with one attached hydrogen (secondary N) is 1. The summed E-state index contributed by atoms with van der Waals surface area (Å²) in [7, 11) is 0. The number of nitrogens with zero attached hydrogens (tertiary/aromatic N) is 1. The van der Waals surface area contributed by atoms with Crippen LogP contribution in [-0.4, -0.2) is 62.6 Å². The van der Waals surface area contributed by atoms with Gasteiger partial charge in [-0.1, -0.05) is 24.0 Å². The van der Waals surface area contributed by atoms with Gasteiger partial charge in [0, 0.05) is 18.5 Å². The minimum Gasteiger partial charge on any atom is -0.872 e. The van der Waals surface area contributed by atoms with E-state index in [0.29, 0.717) is 54.7 Å². The third-order valence-corrected chi connectivity index (χ3v) is 6.77. The Morgan fingerprint density at radius 2 is 1.72 bits per heavy atom. The molecule has 1 N–H and O–H groups in total. The van der Waals surface area contributed by atoms with Gasteiger partial charge in [-0.15, -0.1) is 0 Å². The van der Waals surface area contributed by atoms with E-state index < -0.39 is 23.5 Å². The first-order valence-electron chi connectivity index (χ1n) is 12.7. The fourth-order valence-electron chi connectivity index (χ4n) is 4.80. The lowest BCUT2D eigenvalue weighted by Gasteiger charge is -2.28. The van der Waals surface area contributed by atoms with Crippen molar-refractivity contribution in [2.24, 2.45) is 0 Å².